The van der Waals surface area contributed by atoms with Gasteiger partial charge in [0, 0.05) is 23.7 Å². The Kier molecular flexibility index (Phi) is 4.86. The molecule has 0 radical (unpaired) electrons. The van der Waals surface area contributed by atoms with Crippen molar-refractivity contribution in [1.82, 2.24) is 4.90 Å². The standard InChI is InChI=1S/C13H14Cl2FNO3/c1-7(13(18)19)17-2-3-20-12(6-17)8-4-11(16)10(15)5-9(8)14/h4-5,7,12H,2-3,6H2,1H3,(H,18,19)/t7-,12+/m1/s1. The number of morpholine rings is 1. The average Bonchev–Trinajstić information content (AvgIpc) is 2.42. The highest BCUT2D eigenvalue weighted by Crippen LogP contribution is 2.32. The smallest absolute Gasteiger partial charge is 0.320 e. The zero-order valence-corrected chi connectivity index (χ0v) is 12.3. The van der Waals surface area contributed by atoms with Crippen LogP contribution in [0.5, 0.6) is 0 Å². The van der Waals surface area contributed by atoms with Gasteiger partial charge < -0.3 is 9.84 Å². The second-order valence-corrected chi connectivity index (χ2v) is 5.47. The van der Waals surface area contributed by atoms with Crippen molar-refractivity contribution in [3.63, 3.8) is 0 Å². The first kappa shape index (κ1) is 15.5. The number of rotatable bonds is 3. The lowest BCUT2D eigenvalue weighted by Crippen LogP contribution is -2.46. The number of hydrogen-bond donors (Lipinski definition) is 1. The summed E-state index contributed by atoms with van der Waals surface area (Å²) in [5.41, 5.74) is 0.482. The van der Waals surface area contributed by atoms with E-state index in [1.807, 2.05) is 0 Å². The number of aliphatic carboxylic acids is 1. The predicted octanol–water partition coefficient (Wildman–Crippen LogP) is 2.98. The van der Waals surface area contributed by atoms with Crippen molar-refractivity contribution in [3.8, 4) is 0 Å². The van der Waals surface area contributed by atoms with E-state index in [9.17, 15) is 9.18 Å². The molecule has 0 saturated carbocycles. The number of carbonyl (C=O) groups is 1. The molecule has 1 heterocycles. The van der Waals surface area contributed by atoms with Crippen LogP contribution >= 0.6 is 23.2 Å². The Morgan fingerprint density at radius 2 is 2.20 bits per heavy atom. The SMILES string of the molecule is C[C@H](C(=O)O)N1CCO[C@H](c2cc(F)c(Cl)cc2Cl)C1. The molecule has 0 spiro atoms. The second-order valence-electron chi connectivity index (χ2n) is 4.66. The maximum atomic E-state index is 13.5. The normalized spacial score (nSPS) is 21.7. The van der Waals surface area contributed by atoms with Gasteiger partial charge in [-0.2, -0.15) is 0 Å². The Hall–Kier alpha value is -0.880. The van der Waals surface area contributed by atoms with Gasteiger partial charge in [0.15, 0.2) is 0 Å². The lowest BCUT2D eigenvalue weighted by atomic mass is 10.1. The summed E-state index contributed by atoms with van der Waals surface area (Å²) in [6, 6.07) is 1.94. The molecule has 0 amide bonds. The Balaban J connectivity index is 2.21. The van der Waals surface area contributed by atoms with Crippen LogP contribution in [0.4, 0.5) is 4.39 Å². The topological polar surface area (TPSA) is 49.8 Å². The van der Waals surface area contributed by atoms with E-state index in [0.717, 1.165) is 0 Å². The van der Waals surface area contributed by atoms with Crippen LogP contribution in [0, 0.1) is 5.82 Å². The largest absolute Gasteiger partial charge is 0.480 e. The van der Waals surface area contributed by atoms with Crippen molar-refractivity contribution < 1.29 is 19.0 Å². The molecule has 7 heteroatoms. The summed E-state index contributed by atoms with van der Waals surface area (Å²) in [5.74, 6) is -1.47. The zero-order valence-electron chi connectivity index (χ0n) is 10.8. The summed E-state index contributed by atoms with van der Waals surface area (Å²) >= 11 is 11.7. The fourth-order valence-corrected chi connectivity index (χ4v) is 2.65. The summed E-state index contributed by atoms with van der Waals surface area (Å²) < 4.78 is 19.1. The van der Waals surface area contributed by atoms with Crippen LogP contribution in [-0.2, 0) is 9.53 Å². The van der Waals surface area contributed by atoms with Crippen LogP contribution in [0.1, 0.15) is 18.6 Å². The fraction of sp³-hybridized carbons (Fsp3) is 0.462. The molecule has 1 aliphatic heterocycles. The minimum absolute atomic E-state index is 0.0506. The van der Waals surface area contributed by atoms with E-state index in [1.54, 1.807) is 11.8 Å². The summed E-state index contributed by atoms with van der Waals surface area (Å²) in [6.45, 7) is 2.82. The number of halogens is 3. The quantitative estimate of drug-likeness (QED) is 0.869. The average molecular weight is 322 g/mol. The first-order chi connectivity index (χ1) is 9.40. The Labute approximate surface area is 126 Å². The number of hydrogen-bond acceptors (Lipinski definition) is 3. The highest BCUT2D eigenvalue weighted by molar-refractivity contribution is 6.35. The maximum Gasteiger partial charge on any atom is 0.320 e. The number of ether oxygens (including phenoxy) is 1. The molecule has 2 atom stereocenters. The van der Waals surface area contributed by atoms with Gasteiger partial charge in [-0.15, -0.1) is 0 Å². The summed E-state index contributed by atoms with van der Waals surface area (Å²) in [5, 5.41) is 9.30. The van der Waals surface area contributed by atoms with E-state index in [1.165, 1.54) is 12.1 Å². The monoisotopic (exact) mass is 321 g/mol. The van der Waals surface area contributed by atoms with Crippen LogP contribution < -0.4 is 0 Å². The molecule has 20 heavy (non-hydrogen) atoms. The van der Waals surface area contributed by atoms with Crippen molar-refractivity contribution in [2.45, 2.75) is 19.1 Å². The molecule has 1 aromatic rings. The van der Waals surface area contributed by atoms with Gasteiger partial charge in [0.25, 0.3) is 0 Å². The molecule has 0 aromatic heterocycles. The zero-order chi connectivity index (χ0) is 14.9. The maximum absolute atomic E-state index is 13.5. The van der Waals surface area contributed by atoms with Crippen molar-refractivity contribution in [2.24, 2.45) is 0 Å². The molecule has 2 rings (SSSR count). The highest BCUT2D eigenvalue weighted by atomic mass is 35.5. The first-order valence-corrected chi connectivity index (χ1v) is 6.88. The molecule has 0 unspecified atom stereocenters. The van der Waals surface area contributed by atoms with Crippen molar-refractivity contribution >= 4 is 29.2 Å². The summed E-state index contributed by atoms with van der Waals surface area (Å²) in [7, 11) is 0. The molecule has 1 aliphatic rings. The van der Waals surface area contributed by atoms with Gasteiger partial charge >= 0.3 is 5.97 Å². The predicted molar refractivity (Wildman–Crippen MR) is 73.8 cm³/mol. The Morgan fingerprint density at radius 3 is 2.85 bits per heavy atom. The van der Waals surface area contributed by atoms with Gasteiger partial charge in [-0.05, 0) is 19.1 Å². The third-order valence-electron chi connectivity index (χ3n) is 3.39. The van der Waals surface area contributed by atoms with Crippen LogP contribution in [0.2, 0.25) is 10.0 Å². The lowest BCUT2D eigenvalue weighted by Gasteiger charge is -2.35. The van der Waals surface area contributed by atoms with Gasteiger partial charge in [0.1, 0.15) is 11.9 Å². The molecule has 0 bridgehead atoms. The number of carboxylic acids is 1. The second kappa shape index (κ2) is 6.26. The van der Waals surface area contributed by atoms with Gasteiger partial charge in [0.05, 0.1) is 17.7 Å². The van der Waals surface area contributed by atoms with Crippen LogP contribution in [0.15, 0.2) is 12.1 Å². The molecule has 4 nitrogen and oxygen atoms in total. The summed E-state index contributed by atoms with van der Waals surface area (Å²) in [6.07, 6.45) is -0.468. The van der Waals surface area contributed by atoms with Gasteiger partial charge in [-0.25, -0.2) is 4.39 Å². The molecule has 1 fully saturated rings. The molecule has 110 valence electrons. The molecular formula is C13H14Cl2FNO3. The van der Waals surface area contributed by atoms with E-state index in [0.29, 0.717) is 30.3 Å². The first-order valence-electron chi connectivity index (χ1n) is 6.13. The van der Waals surface area contributed by atoms with Crippen LogP contribution in [0.3, 0.4) is 0 Å². The third-order valence-corrected chi connectivity index (χ3v) is 4.01. The Bertz CT molecular complexity index is 527. The number of nitrogens with zero attached hydrogens (tertiary/aromatic N) is 1. The van der Waals surface area contributed by atoms with Gasteiger partial charge in [-0.3, -0.25) is 9.69 Å². The number of carboxylic acid groups (broad SMARTS) is 1. The van der Waals surface area contributed by atoms with Crippen LogP contribution in [-0.4, -0.2) is 41.7 Å². The fourth-order valence-electron chi connectivity index (χ4n) is 2.15. The van der Waals surface area contributed by atoms with Gasteiger partial charge in [-0.1, -0.05) is 23.2 Å². The van der Waals surface area contributed by atoms with E-state index in [-0.39, 0.29) is 5.02 Å². The van der Waals surface area contributed by atoms with E-state index >= 15 is 0 Å². The van der Waals surface area contributed by atoms with E-state index in [4.69, 9.17) is 33.0 Å². The molecule has 1 N–H and O–H groups in total. The molecular weight excluding hydrogens is 308 g/mol. The minimum atomic E-state index is -0.904. The molecule has 1 saturated heterocycles. The highest BCUT2D eigenvalue weighted by Gasteiger charge is 2.30. The number of benzene rings is 1. The minimum Gasteiger partial charge on any atom is -0.480 e. The van der Waals surface area contributed by atoms with E-state index in [2.05, 4.69) is 0 Å². The van der Waals surface area contributed by atoms with Crippen molar-refractivity contribution in [1.29, 1.82) is 0 Å². The van der Waals surface area contributed by atoms with Gasteiger partial charge in [0.2, 0.25) is 0 Å². The molecule has 1 aromatic carbocycles. The third kappa shape index (κ3) is 3.23. The Morgan fingerprint density at radius 1 is 1.50 bits per heavy atom. The molecule has 0 aliphatic carbocycles. The van der Waals surface area contributed by atoms with Crippen molar-refractivity contribution in [3.05, 3.63) is 33.6 Å². The van der Waals surface area contributed by atoms with E-state index < -0.39 is 23.9 Å². The van der Waals surface area contributed by atoms with Crippen LogP contribution in [0.25, 0.3) is 0 Å². The summed E-state index contributed by atoms with van der Waals surface area (Å²) in [4.78, 5) is 12.8. The van der Waals surface area contributed by atoms with Crippen molar-refractivity contribution in [2.75, 3.05) is 19.7 Å². The lowest BCUT2D eigenvalue weighted by molar-refractivity contribution is -0.145.